The first-order chi connectivity index (χ1) is 22.0. The van der Waals surface area contributed by atoms with Crippen LogP contribution in [0.15, 0.2) is 72.8 Å². The quantitative estimate of drug-likeness (QED) is 0.202. The normalized spacial score (nSPS) is 21.1. The number of ether oxygens (including phenoxy) is 1. The second kappa shape index (κ2) is 11.2. The SMILES string of the molecule is COc1cc(C(=O)N2C[C@H]3CCC2C3N)cc2nc(-c3cc4ccc(/C=C/CCc5ccccc5)cc4n3CC3CC3)n(C)c12. The predicted octanol–water partition coefficient (Wildman–Crippen LogP) is 6.82. The number of aryl methyl sites for hydroxylation is 2. The molecule has 7 heteroatoms. The molecule has 7 nitrogen and oxygen atoms in total. The molecule has 230 valence electrons. The standard InChI is InChI=1S/C38H41N5O2/c1-41-36-30(19-29(21-34(36)45-2)38(44)43-23-28-16-17-31(43)35(28)39)40-37(41)33-20-27-15-14-25(18-32(27)42(33)22-26-12-13-26)11-7-6-10-24-8-4-3-5-9-24/h3-5,7-9,11,14-15,18-21,26,28,31,35H,6,10,12-13,16-17,22-23,39H2,1-2H3/b11-7+/t28-,31?,35?/m1/s1. The third kappa shape index (κ3) is 5.03. The number of piperidine rings is 1. The van der Waals surface area contributed by atoms with Gasteiger partial charge in [-0.25, -0.2) is 4.98 Å². The lowest BCUT2D eigenvalue weighted by molar-refractivity contribution is 0.0700. The van der Waals surface area contributed by atoms with E-state index in [1.807, 2.05) is 24.1 Å². The monoisotopic (exact) mass is 599 g/mol. The number of carbonyl (C=O) groups is 1. The van der Waals surface area contributed by atoms with Crippen molar-refractivity contribution >= 4 is 33.9 Å². The number of nitrogens with two attached hydrogens (primary N) is 1. The van der Waals surface area contributed by atoms with Crippen LogP contribution < -0.4 is 10.5 Å². The predicted molar refractivity (Wildman–Crippen MR) is 180 cm³/mol. The molecule has 2 aliphatic carbocycles. The van der Waals surface area contributed by atoms with Crippen LogP contribution in [0.3, 0.4) is 0 Å². The minimum Gasteiger partial charge on any atom is -0.494 e. The first-order valence-corrected chi connectivity index (χ1v) is 16.4. The Morgan fingerprint density at radius 2 is 1.89 bits per heavy atom. The summed E-state index contributed by atoms with van der Waals surface area (Å²) in [4.78, 5) is 20.9. The van der Waals surface area contributed by atoms with E-state index >= 15 is 0 Å². The number of aromatic nitrogens is 3. The third-order valence-electron chi connectivity index (χ3n) is 10.4. The maximum absolute atomic E-state index is 13.7. The van der Waals surface area contributed by atoms with Crippen LogP contribution in [-0.2, 0) is 20.0 Å². The second-order valence-corrected chi connectivity index (χ2v) is 13.3. The van der Waals surface area contributed by atoms with Crippen LogP contribution >= 0.6 is 0 Å². The van der Waals surface area contributed by atoms with E-state index in [1.54, 1.807) is 7.11 Å². The molecule has 8 rings (SSSR count). The van der Waals surface area contributed by atoms with Gasteiger partial charge in [0.25, 0.3) is 5.91 Å². The number of fused-ring (bicyclic) bond motifs is 4. The van der Waals surface area contributed by atoms with Crippen molar-refractivity contribution < 1.29 is 9.53 Å². The van der Waals surface area contributed by atoms with Crippen molar-refractivity contribution in [2.24, 2.45) is 24.6 Å². The highest BCUT2D eigenvalue weighted by atomic mass is 16.5. The number of allylic oxidation sites excluding steroid dienone is 1. The average Bonchev–Trinajstić information content (AvgIpc) is 3.47. The molecule has 1 saturated heterocycles. The van der Waals surface area contributed by atoms with Crippen LogP contribution in [0.25, 0.3) is 39.5 Å². The van der Waals surface area contributed by atoms with Crippen molar-refractivity contribution in [3.63, 3.8) is 0 Å². The zero-order valence-corrected chi connectivity index (χ0v) is 26.2. The van der Waals surface area contributed by atoms with Gasteiger partial charge in [-0.3, -0.25) is 4.79 Å². The number of imidazole rings is 1. The van der Waals surface area contributed by atoms with E-state index in [4.69, 9.17) is 15.5 Å². The minimum absolute atomic E-state index is 0.0252. The van der Waals surface area contributed by atoms with Gasteiger partial charge in [0.1, 0.15) is 11.3 Å². The molecule has 0 radical (unpaired) electrons. The second-order valence-electron chi connectivity index (χ2n) is 13.3. The van der Waals surface area contributed by atoms with Crippen molar-refractivity contribution in [3.05, 3.63) is 89.5 Å². The van der Waals surface area contributed by atoms with Crippen molar-refractivity contribution in [1.29, 1.82) is 0 Å². The highest BCUT2D eigenvalue weighted by Gasteiger charge is 2.47. The highest BCUT2D eigenvalue weighted by Crippen LogP contribution is 2.40. The maximum Gasteiger partial charge on any atom is 0.254 e. The summed E-state index contributed by atoms with van der Waals surface area (Å²) in [7, 11) is 3.72. The summed E-state index contributed by atoms with van der Waals surface area (Å²) in [5.41, 5.74) is 13.6. The lowest BCUT2D eigenvalue weighted by Gasteiger charge is -2.27. The molecule has 3 aromatic carbocycles. The van der Waals surface area contributed by atoms with Crippen LogP contribution in [0, 0.1) is 11.8 Å². The summed E-state index contributed by atoms with van der Waals surface area (Å²) >= 11 is 0. The molecular formula is C38H41N5O2. The Hall–Kier alpha value is -4.36. The molecule has 3 heterocycles. The largest absolute Gasteiger partial charge is 0.494 e. The molecule has 0 spiro atoms. The number of hydrogen-bond acceptors (Lipinski definition) is 4. The Morgan fingerprint density at radius 1 is 1.04 bits per heavy atom. The topological polar surface area (TPSA) is 78.3 Å². The van der Waals surface area contributed by atoms with Crippen LogP contribution in [0.2, 0.25) is 0 Å². The van der Waals surface area contributed by atoms with E-state index in [0.717, 1.165) is 61.3 Å². The van der Waals surface area contributed by atoms with Crippen LogP contribution in [0.5, 0.6) is 5.75 Å². The van der Waals surface area contributed by atoms with E-state index < -0.39 is 0 Å². The van der Waals surface area contributed by atoms with E-state index in [9.17, 15) is 4.79 Å². The molecule has 2 saturated carbocycles. The molecule has 2 N–H and O–H groups in total. The number of amides is 1. The van der Waals surface area contributed by atoms with Crippen molar-refractivity contribution in [1.82, 2.24) is 19.0 Å². The van der Waals surface area contributed by atoms with E-state index in [2.05, 4.69) is 75.9 Å². The van der Waals surface area contributed by atoms with Gasteiger partial charge in [0.2, 0.25) is 0 Å². The average molecular weight is 600 g/mol. The Kier molecular flexibility index (Phi) is 7.01. The summed E-state index contributed by atoms with van der Waals surface area (Å²) in [6.45, 7) is 1.71. The Balaban J connectivity index is 1.14. The molecule has 45 heavy (non-hydrogen) atoms. The summed E-state index contributed by atoms with van der Waals surface area (Å²) in [6, 6.07) is 23.7. The van der Waals surface area contributed by atoms with Crippen LogP contribution in [0.4, 0.5) is 0 Å². The number of benzene rings is 3. The molecule has 3 atom stereocenters. The number of methoxy groups -OCH3 is 1. The fraction of sp³-hybridized carbons (Fsp3) is 0.368. The highest BCUT2D eigenvalue weighted by molar-refractivity contribution is 6.00. The number of hydrogen-bond donors (Lipinski definition) is 1. The smallest absolute Gasteiger partial charge is 0.254 e. The zero-order chi connectivity index (χ0) is 30.7. The number of rotatable bonds is 9. The number of nitrogens with zero attached hydrogens (tertiary/aromatic N) is 4. The Bertz CT molecular complexity index is 1930. The van der Waals surface area contributed by atoms with Gasteiger partial charge in [0.15, 0.2) is 5.82 Å². The Morgan fingerprint density at radius 3 is 2.62 bits per heavy atom. The van der Waals surface area contributed by atoms with Gasteiger partial charge in [-0.15, -0.1) is 0 Å². The van der Waals surface area contributed by atoms with E-state index in [-0.39, 0.29) is 18.0 Å². The summed E-state index contributed by atoms with van der Waals surface area (Å²) < 4.78 is 10.5. The third-order valence-corrected chi connectivity index (χ3v) is 10.4. The lowest BCUT2D eigenvalue weighted by atomic mass is 10.1. The zero-order valence-electron chi connectivity index (χ0n) is 26.2. The van der Waals surface area contributed by atoms with Gasteiger partial charge < -0.3 is 24.5 Å². The summed E-state index contributed by atoms with van der Waals surface area (Å²) in [6.07, 6.45) is 11.2. The molecule has 1 aliphatic heterocycles. The number of likely N-dealkylation sites (tertiary alicyclic amines) is 1. The molecular weight excluding hydrogens is 558 g/mol. The minimum atomic E-state index is 0.0252. The van der Waals surface area contributed by atoms with Gasteiger partial charge >= 0.3 is 0 Å². The Labute approximate surface area is 264 Å². The van der Waals surface area contributed by atoms with Crippen LogP contribution in [-0.4, -0.2) is 50.7 Å². The fourth-order valence-corrected chi connectivity index (χ4v) is 7.70. The van der Waals surface area contributed by atoms with Crippen molar-refractivity contribution in [2.45, 2.75) is 57.2 Å². The van der Waals surface area contributed by atoms with E-state index in [0.29, 0.717) is 23.1 Å². The molecule has 2 bridgehead atoms. The first-order valence-electron chi connectivity index (χ1n) is 16.4. The molecule has 5 aromatic rings. The first kappa shape index (κ1) is 28.1. The van der Waals surface area contributed by atoms with Gasteiger partial charge in [-0.1, -0.05) is 54.6 Å². The maximum atomic E-state index is 13.7. The summed E-state index contributed by atoms with van der Waals surface area (Å²) in [5, 5.41) is 1.21. The molecule has 3 aliphatic rings. The molecule has 2 aromatic heterocycles. The molecule has 3 fully saturated rings. The van der Waals surface area contributed by atoms with Gasteiger partial charge in [0.05, 0.1) is 18.3 Å². The van der Waals surface area contributed by atoms with Gasteiger partial charge in [0, 0.05) is 48.7 Å². The summed E-state index contributed by atoms with van der Waals surface area (Å²) in [5.74, 6) is 2.67. The molecule has 1 amide bonds. The number of carbonyl (C=O) groups excluding carboxylic acids is 1. The van der Waals surface area contributed by atoms with Crippen molar-refractivity contribution in [3.8, 4) is 17.3 Å². The van der Waals surface area contributed by atoms with Gasteiger partial charge in [-0.2, -0.15) is 0 Å². The van der Waals surface area contributed by atoms with Crippen LogP contribution in [0.1, 0.15) is 53.6 Å². The fourth-order valence-electron chi connectivity index (χ4n) is 7.70. The molecule has 2 unspecified atom stereocenters. The van der Waals surface area contributed by atoms with Crippen molar-refractivity contribution in [2.75, 3.05) is 13.7 Å². The van der Waals surface area contributed by atoms with Gasteiger partial charge in [-0.05, 0) is 85.8 Å². The van der Waals surface area contributed by atoms with E-state index in [1.165, 1.54) is 34.9 Å². The lowest BCUT2D eigenvalue weighted by Crippen LogP contribution is -2.41.